The summed E-state index contributed by atoms with van der Waals surface area (Å²) in [7, 11) is 0. The quantitative estimate of drug-likeness (QED) is 0.643. The number of rotatable bonds is 7. The molecule has 1 amide bonds. The van der Waals surface area contributed by atoms with Crippen molar-refractivity contribution in [3.05, 3.63) is 0 Å². The number of amides is 1. The molecule has 5 nitrogen and oxygen atoms in total. The Morgan fingerprint density at radius 3 is 2.35 bits per heavy atom. The van der Waals surface area contributed by atoms with E-state index in [1.165, 1.54) is 0 Å². The smallest absolute Gasteiger partial charge is 0.237 e. The average Bonchev–Trinajstić information content (AvgIpc) is 2.79. The number of Topliss-reactive ketones (excluding diaryl/α,β-unsaturated/α-hetero) is 1. The van der Waals surface area contributed by atoms with Crippen molar-refractivity contribution in [2.24, 2.45) is 11.8 Å². The second-order valence-electron chi connectivity index (χ2n) is 6.48. The van der Waals surface area contributed by atoms with Crippen LogP contribution in [0.3, 0.4) is 0 Å². The summed E-state index contributed by atoms with van der Waals surface area (Å²) in [6.07, 6.45) is 0.867. The molecule has 0 aromatic rings. The van der Waals surface area contributed by atoms with Gasteiger partial charge in [0.05, 0.1) is 12.1 Å². The molecule has 1 heterocycles. The van der Waals surface area contributed by atoms with Crippen molar-refractivity contribution < 1.29 is 9.59 Å². The summed E-state index contributed by atoms with van der Waals surface area (Å²) in [6.45, 7) is 11.2. The van der Waals surface area contributed by atoms with Crippen LogP contribution in [-0.4, -0.2) is 42.9 Å². The molecule has 3 N–H and O–H groups in total. The summed E-state index contributed by atoms with van der Waals surface area (Å²) in [4.78, 5) is 24.2. The zero-order valence-corrected chi connectivity index (χ0v) is 13.3. The van der Waals surface area contributed by atoms with Gasteiger partial charge in [-0.3, -0.25) is 9.59 Å². The normalized spacial score (nSPS) is 24.1. The summed E-state index contributed by atoms with van der Waals surface area (Å²) in [5.41, 5.74) is 0. The second kappa shape index (κ2) is 7.74. The van der Waals surface area contributed by atoms with Crippen LogP contribution in [0, 0.1) is 11.8 Å². The third kappa shape index (κ3) is 5.21. The van der Waals surface area contributed by atoms with E-state index in [0.717, 1.165) is 13.0 Å². The molecule has 0 aromatic heterocycles. The Hall–Kier alpha value is -0.940. The maximum atomic E-state index is 12.1. The molecule has 1 aliphatic heterocycles. The number of carbonyl (C=O) groups is 2. The molecule has 0 saturated carbocycles. The highest BCUT2D eigenvalue weighted by Crippen LogP contribution is 2.12. The average molecular weight is 283 g/mol. The molecule has 1 aliphatic rings. The lowest BCUT2D eigenvalue weighted by molar-refractivity contribution is -0.125. The molecule has 0 bridgehead atoms. The van der Waals surface area contributed by atoms with Crippen LogP contribution in [0.1, 0.15) is 41.0 Å². The van der Waals surface area contributed by atoms with Gasteiger partial charge in [0.15, 0.2) is 5.78 Å². The van der Waals surface area contributed by atoms with Gasteiger partial charge in [-0.2, -0.15) is 0 Å². The van der Waals surface area contributed by atoms with Crippen LogP contribution in [0.5, 0.6) is 0 Å². The van der Waals surface area contributed by atoms with Crippen molar-refractivity contribution in [3.8, 4) is 0 Å². The van der Waals surface area contributed by atoms with Crippen molar-refractivity contribution in [2.75, 3.05) is 13.1 Å². The Bertz CT molecular complexity index is 342. The minimum Gasteiger partial charge on any atom is -0.353 e. The van der Waals surface area contributed by atoms with E-state index >= 15 is 0 Å². The van der Waals surface area contributed by atoms with Crippen molar-refractivity contribution in [2.45, 2.75) is 59.2 Å². The van der Waals surface area contributed by atoms with Crippen LogP contribution in [-0.2, 0) is 9.59 Å². The van der Waals surface area contributed by atoms with E-state index in [2.05, 4.69) is 22.9 Å². The molecule has 5 heteroatoms. The van der Waals surface area contributed by atoms with E-state index in [9.17, 15) is 9.59 Å². The first-order chi connectivity index (χ1) is 9.31. The first-order valence-electron chi connectivity index (χ1n) is 7.62. The van der Waals surface area contributed by atoms with E-state index < -0.39 is 0 Å². The fraction of sp³-hybridized carbons (Fsp3) is 0.867. The van der Waals surface area contributed by atoms with Gasteiger partial charge >= 0.3 is 0 Å². The Balaban J connectivity index is 2.49. The first kappa shape index (κ1) is 17.1. The Morgan fingerprint density at radius 2 is 1.90 bits per heavy atom. The number of ketones is 1. The van der Waals surface area contributed by atoms with Crippen LogP contribution in [0.4, 0.5) is 0 Å². The van der Waals surface area contributed by atoms with Crippen LogP contribution < -0.4 is 16.0 Å². The van der Waals surface area contributed by atoms with Gasteiger partial charge < -0.3 is 16.0 Å². The van der Waals surface area contributed by atoms with Crippen LogP contribution >= 0.6 is 0 Å². The fourth-order valence-electron chi connectivity index (χ4n) is 2.48. The van der Waals surface area contributed by atoms with Crippen LogP contribution in [0.2, 0.25) is 0 Å². The summed E-state index contributed by atoms with van der Waals surface area (Å²) in [6, 6.07) is -0.208. The topological polar surface area (TPSA) is 70.2 Å². The van der Waals surface area contributed by atoms with Gasteiger partial charge in [-0.15, -0.1) is 0 Å². The number of hydrogen-bond acceptors (Lipinski definition) is 4. The number of hydrogen-bond donors (Lipinski definition) is 3. The zero-order chi connectivity index (χ0) is 15.3. The fourth-order valence-corrected chi connectivity index (χ4v) is 2.48. The molecular formula is C15H29N3O2. The highest BCUT2D eigenvalue weighted by Gasteiger charge is 2.28. The van der Waals surface area contributed by atoms with Crippen molar-refractivity contribution in [1.29, 1.82) is 0 Å². The minimum atomic E-state index is -0.308. The molecular weight excluding hydrogens is 254 g/mol. The molecule has 0 aliphatic carbocycles. The lowest BCUT2D eigenvalue weighted by Gasteiger charge is -2.23. The molecule has 0 aromatic carbocycles. The first-order valence-corrected chi connectivity index (χ1v) is 7.62. The van der Waals surface area contributed by atoms with Gasteiger partial charge in [0.25, 0.3) is 0 Å². The molecule has 1 saturated heterocycles. The summed E-state index contributed by atoms with van der Waals surface area (Å²) < 4.78 is 0. The van der Waals surface area contributed by atoms with Gasteiger partial charge in [-0.25, -0.2) is 0 Å². The minimum absolute atomic E-state index is 0.00135. The molecule has 2 unspecified atom stereocenters. The molecule has 0 radical (unpaired) electrons. The summed E-state index contributed by atoms with van der Waals surface area (Å²) in [5, 5.41) is 9.34. The maximum Gasteiger partial charge on any atom is 0.237 e. The standard InChI is InChI=1S/C15H29N3O2/c1-9(2)14(19)13(18-10(3)4)8-17-15(20)12-6-11(5)7-16-12/h9-13,16,18H,6-8H2,1-5H3,(H,17,20)/t11?,12?,13-/m0/s1. The van der Waals surface area contributed by atoms with Crippen molar-refractivity contribution >= 4 is 11.7 Å². The molecule has 1 rings (SSSR count). The summed E-state index contributed by atoms with van der Waals surface area (Å²) >= 11 is 0. The lowest BCUT2D eigenvalue weighted by Crippen LogP contribution is -2.52. The monoisotopic (exact) mass is 283 g/mol. The Kier molecular flexibility index (Phi) is 6.62. The van der Waals surface area contributed by atoms with E-state index in [0.29, 0.717) is 12.5 Å². The van der Waals surface area contributed by atoms with Gasteiger partial charge in [-0.1, -0.05) is 34.6 Å². The highest BCUT2D eigenvalue weighted by molar-refractivity contribution is 5.87. The van der Waals surface area contributed by atoms with Crippen LogP contribution in [0.25, 0.3) is 0 Å². The third-order valence-corrected chi connectivity index (χ3v) is 3.59. The maximum absolute atomic E-state index is 12.1. The predicted octanol–water partition coefficient (Wildman–Crippen LogP) is 0.692. The van der Waals surface area contributed by atoms with E-state index in [4.69, 9.17) is 0 Å². The molecule has 0 spiro atoms. The van der Waals surface area contributed by atoms with E-state index in [1.54, 1.807) is 0 Å². The van der Waals surface area contributed by atoms with Crippen molar-refractivity contribution in [3.63, 3.8) is 0 Å². The van der Waals surface area contributed by atoms with E-state index in [1.807, 2.05) is 27.7 Å². The van der Waals surface area contributed by atoms with Gasteiger partial charge in [0, 0.05) is 18.5 Å². The van der Waals surface area contributed by atoms with Gasteiger partial charge in [-0.05, 0) is 18.9 Å². The molecule has 3 atom stereocenters. The highest BCUT2D eigenvalue weighted by atomic mass is 16.2. The number of nitrogens with one attached hydrogen (secondary N) is 3. The molecule has 1 fully saturated rings. The Morgan fingerprint density at radius 1 is 1.25 bits per heavy atom. The molecule has 116 valence electrons. The van der Waals surface area contributed by atoms with Gasteiger partial charge in [0.2, 0.25) is 5.91 Å². The zero-order valence-electron chi connectivity index (χ0n) is 13.3. The lowest BCUT2D eigenvalue weighted by atomic mass is 10.0. The Labute approximate surface area is 122 Å². The third-order valence-electron chi connectivity index (χ3n) is 3.59. The largest absolute Gasteiger partial charge is 0.353 e. The molecule has 20 heavy (non-hydrogen) atoms. The van der Waals surface area contributed by atoms with E-state index in [-0.39, 0.29) is 35.7 Å². The SMILES string of the molecule is CC1CNC(C(=O)NC[C@H](NC(C)C)C(=O)C(C)C)C1. The second-order valence-corrected chi connectivity index (χ2v) is 6.48. The van der Waals surface area contributed by atoms with Crippen molar-refractivity contribution in [1.82, 2.24) is 16.0 Å². The van der Waals surface area contributed by atoms with Crippen LogP contribution in [0.15, 0.2) is 0 Å². The predicted molar refractivity (Wildman–Crippen MR) is 80.5 cm³/mol. The summed E-state index contributed by atoms with van der Waals surface area (Å²) in [5.74, 6) is 0.647. The number of carbonyl (C=O) groups excluding carboxylic acids is 2. The van der Waals surface area contributed by atoms with Gasteiger partial charge in [0.1, 0.15) is 0 Å².